The molecule has 0 radical (unpaired) electrons. The molecule has 0 amide bonds. The molecule has 1 aliphatic heterocycles. The third kappa shape index (κ3) is 1.65. The summed E-state index contributed by atoms with van der Waals surface area (Å²) in [6.45, 7) is 2.40. The monoisotopic (exact) mass is 196 g/mol. The summed E-state index contributed by atoms with van der Waals surface area (Å²) in [4.78, 5) is 9.58. The van der Waals surface area contributed by atoms with E-state index in [4.69, 9.17) is 14.5 Å². The molecule has 1 heterocycles. The van der Waals surface area contributed by atoms with E-state index in [1.807, 2.05) is 25.1 Å². The van der Waals surface area contributed by atoms with Gasteiger partial charge in [0.1, 0.15) is 0 Å². The normalized spacial score (nSPS) is 25.9. The number of ether oxygens (including phenoxy) is 1. The Bertz CT molecular complexity index is 313. The van der Waals surface area contributed by atoms with E-state index >= 15 is 0 Å². The quantitative estimate of drug-likeness (QED) is 0.731. The Morgan fingerprint density at radius 1 is 1.29 bits per heavy atom. The molecule has 1 N–H and O–H groups in total. The largest absolute Gasteiger partial charge is 0.362 e. The highest BCUT2D eigenvalue weighted by atomic mass is 17.2. The number of benzene rings is 1. The Morgan fingerprint density at radius 2 is 2.00 bits per heavy atom. The molecule has 0 bridgehead atoms. The molecule has 1 aromatic carbocycles. The van der Waals surface area contributed by atoms with Crippen LogP contribution in [0.5, 0.6) is 0 Å². The molecule has 0 spiro atoms. The van der Waals surface area contributed by atoms with Crippen molar-refractivity contribution in [3.05, 3.63) is 35.4 Å². The highest BCUT2D eigenvalue weighted by Gasteiger charge is 2.27. The Labute approximate surface area is 81.9 Å². The predicted octanol–water partition coefficient (Wildman–Crippen LogP) is 1.67. The van der Waals surface area contributed by atoms with Gasteiger partial charge >= 0.3 is 0 Å². The fourth-order valence-corrected chi connectivity index (χ4v) is 1.43. The number of rotatable bonds is 2. The van der Waals surface area contributed by atoms with Gasteiger partial charge in [0.2, 0.25) is 12.6 Å². The maximum absolute atomic E-state index is 9.44. The first-order valence-corrected chi connectivity index (χ1v) is 4.53. The molecular weight excluding hydrogens is 184 g/mol. The molecule has 2 atom stereocenters. The van der Waals surface area contributed by atoms with E-state index in [2.05, 4.69) is 0 Å². The average molecular weight is 196 g/mol. The van der Waals surface area contributed by atoms with E-state index in [1.54, 1.807) is 6.07 Å². The van der Waals surface area contributed by atoms with Crippen LogP contribution in [0.1, 0.15) is 30.6 Å². The van der Waals surface area contributed by atoms with E-state index in [0.717, 1.165) is 5.56 Å². The number of aliphatic hydroxyl groups excluding tert-OH is 1. The predicted molar refractivity (Wildman–Crippen MR) is 47.9 cm³/mol. The van der Waals surface area contributed by atoms with Crippen molar-refractivity contribution in [1.29, 1.82) is 0 Å². The van der Waals surface area contributed by atoms with Gasteiger partial charge in [-0.3, -0.25) is 0 Å². The van der Waals surface area contributed by atoms with Crippen LogP contribution in [0.15, 0.2) is 24.3 Å². The van der Waals surface area contributed by atoms with Crippen LogP contribution < -0.4 is 0 Å². The SMILES string of the molecule is CCOC1OOC(O)c2ccccc21. The second-order valence-corrected chi connectivity index (χ2v) is 2.96. The topological polar surface area (TPSA) is 47.9 Å². The average Bonchev–Trinajstić information content (AvgIpc) is 2.23. The lowest BCUT2D eigenvalue weighted by Crippen LogP contribution is -2.20. The molecule has 2 rings (SSSR count). The van der Waals surface area contributed by atoms with Crippen LogP contribution in [0, 0.1) is 0 Å². The zero-order chi connectivity index (χ0) is 9.97. The van der Waals surface area contributed by atoms with Crippen molar-refractivity contribution >= 4 is 0 Å². The lowest BCUT2D eigenvalue weighted by Gasteiger charge is -2.27. The van der Waals surface area contributed by atoms with Crippen LogP contribution in [-0.2, 0) is 14.5 Å². The minimum Gasteiger partial charge on any atom is -0.362 e. The van der Waals surface area contributed by atoms with Crippen LogP contribution in [0.3, 0.4) is 0 Å². The van der Waals surface area contributed by atoms with Crippen LogP contribution >= 0.6 is 0 Å². The Hall–Kier alpha value is -0.940. The summed E-state index contributed by atoms with van der Waals surface area (Å²) in [6, 6.07) is 7.34. The zero-order valence-corrected chi connectivity index (χ0v) is 7.84. The van der Waals surface area contributed by atoms with Crippen LogP contribution in [0.25, 0.3) is 0 Å². The lowest BCUT2D eigenvalue weighted by molar-refractivity contribution is -0.447. The Morgan fingerprint density at radius 3 is 2.71 bits per heavy atom. The van der Waals surface area contributed by atoms with Crippen molar-refractivity contribution < 1.29 is 19.6 Å². The molecule has 4 nitrogen and oxygen atoms in total. The lowest BCUT2D eigenvalue weighted by atomic mass is 10.1. The van der Waals surface area contributed by atoms with E-state index in [0.29, 0.717) is 12.2 Å². The van der Waals surface area contributed by atoms with Gasteiger partial charge in [-0.25, -0.2) is 0 Å². The van der Waals surface area contributed by atoms with Crippen LogP contribution in [0.4, 0.5) is 0 Å². The third-order valence-corrected chi connectivity index (χ3v) is 2.07. The van der Waals surface area contributed by atoms with Crippen molar-refractivity contribution in [1.82, 2.24) is 0 Å². The first-order chi connectivity index (χ1) is 6.83. The van der Waals surface area contributed by atoms with Gasteiger partial charge in [0, 0.05) is 17.7 Å². The fourth-order valence-electron chi connectivity index (χ4n) is 1.43. The van der Waals surface area contributed by atoms with Crippen molar-refractivity contribution in [2.24, 2.45) is 0 Å². The summed E-state index contributed by atoms with van der Waals surface area (Å²) >= 11 is 0. The van der Waals surface area contributed by atoms with Gasteiger partial charge in [-0.15, -0.1) is 0 Å². The molecular formula is C10H12O4. The van der Waals surface area contributed by atoms with Gasteiger partial charge < -0.3 is 9.84 Å². The molecule has 76 valence electrons. The smallest absolute Gasteiger partial charge is 0.218 e. The molecule has 0 fully saturated rings. The molecule has 0 saturated carbocycles. The summed E-state index contributed by atoms with van der Waals surface area (Å²) < 4.78 is 5.30. The third-order valence-electron chi connectivity index (χ3n) is 2.07. The minimum atomic E-state index is -1.03. The molecule has 0 saturated heterocycles. The molecule has 0 aliphatic carbocycles. The Kier molecular flexibility index (Phi) is 2.79. The molecule has 1 aliphatic rings. The minimum absolute atomic E-state index is 0.526. The molecule has 14 heavy (non-hydrogen) atoms. The first kappa shape index (κ1) is 9.61. The maximum Gasteiger partial charge on any atom is 0.218 e. The molecule has 1 aromatic rings. The second kappa shape index (κ2) is 4.06. The van der Waals surface area contributed by atoms with Gasteiger partial charge in [-0.1, -0.05) is 24.3 Å². The van der Waals surface area contributed by atoms with Crippen molar-refractivity contribution in [2.75, 3.05) is 6.61 Å². The summed E-state index contributed by atoms with van der Waals surface area (Å²) in [7, 11) is 0. The number of hydrogen-bond acceptors (Lipinski definition) is 4. The van der Waals surface area contributed by atoms with Gasteiger partial charge in [-0.2, -0.15) is 9.78 Å². The maximum atomic E-state index is 9.44. The molecule has 2 unspecified atom stereocenters. The zero-order valence-electron chi connectivity index (χ0n) is 7.84. The van der Waals surface area contributed by atoms with Crippen LogP contribution in [0.2, 0.25) is 0 Å². The van der Waals surface area contributed by atoms with Crippen molar-refractivity contribution in [2.45, 2.75) is 19.5 Å². The van der Waals surface area contributed by atoms with E-state index in [9.17, 15) is 5.11 Å². The summed E-state index contributed by atoms with van der Waals surface area (Å²) in [5.74, 6) is 0. The van der Waals surface area contributed by atoms with E-state index in [1.165, 1.54) is 0 Å². The summed E-state index contributed by atoms with van der Waals surface area (Å²) in [5.41, 5.74) is 1.50. The highest BCUT2D eigenvalue weighted by Crippen LogP contribution is 2.33. The van der Waals surface area contributed by atoms with Gasteiger partial charge in [0.25, 0.3) is 0 Å². The van der Waals surface area contributed by atoms with E-state index in [-0.39, 0.29) is 0 Å². The number of hydrogen-bond donors (Lipinski definition) is 1. The molecule has 4 heteroatoms. The fraction of sp³-hybridized carbons (Fsp3) is 0.400. The van der Waals surface area contributed by atoms with Crippen LogP contribution in [-0.4, -0.2) is 11.7 Å². The Balaban J connectivity index is 2.31. The van der Waals surface area contributed by atoms with Crippen molar-refractivity contribution in [3.8, 4) is 0 Å². The highest BCUT2D eigenvalue weighted by molar-refractivity contribution is 5.29. The second-order valence-electron chi connectivity index (χ2n) is 2.96. The van der Waals surface area contributed by atoms with Gasteiger partial charge in [-0.05, 0) is 6.92 Å². The molecule has 0 aromatic heterocycles. The van der Waals surface area contributed by atoms with Crippen molar-refractivity contribution in [3.63, 3.8) is 0 Å². The number of fused-ring (bicyclic) bond motifs is 1. The van der Waals surface area contributed by atoms with Gasteiger partial charge in [0.15, 0.2) is 0 Å². The summed E-state index contributed by atoms with van der Waals surface area (Å²) in [5, 5.41) is 9.44. The first-order valence-electron chi connectivity index (χ1n) is 4.53. The number of aliphatic hydroxyl groups is 1. The standard InChI is InChI=1S/C10H12O4/c1-2-12-10-8-6-4-3-5-7(8)9(11)13-14-10/h3-6,9-11H,2H2,1H3. The summed E-state index contributed by atoms with van der Waals surface area (Å²) in [6.07, 6.45) is -1.57. The van der Waals surface area contributed by atoms with Gasteiger partial charge in [0.05, 0.1) is 0 Å². The van der Waals surface area contributed by atoms with E-state index < -0.39 is 12.6 Å².